The second-order valence-corrected chi connectivity index (χ2v) is 6.83. The molecule has 5 nitrogen and oxygen atoms in total. The van der Waals surface area contributed by atoms with E-state index in [0.717, 1.165) is 19.3 Å². The largest absolute Gasteiger partial charge is 0.392 e. The van der Waals surface area contributed by atoms with Gasteiger partial charge >= 0.3 is 0 Å². The number of hydrogen-bond acceptors (Lipinski definition) is 4. The first-order valence-electron chi connectivity index (χ1n) is 6.84. The van der Waals surface area contributed by atoms with Gasteiger partial charge in [0.05, 0.1) is 17.6 Å². The molecule has 1 fully saturated rings. The second kappa shape index (κ2) is 6.67. The fourth-order valence-electron chi connectivity index (χ4n) is 2.28. The second-order valence-electron chi connectivity index (χ2n) is 5.10. The van der Waals surface area contributed by atoms with Gasteiger partial charge in [-0.3, -0.25) is 0 Å². The summed E-state index contributed by atoms with van der Waals surface area (Å²) in [7, 11) is -3.56. The maximum absolute atomic E-state index is 12.3. The Balaban J connectivity index is 2.09. The van der Waals surface area contributed by atoms with Crippen molar-refractivity contribution in [1.82, 2.24) is 4.72 Å². The smallest absolute Gasteiger partial charge is 0.240 e. The van der Waals surface area contributed by atoms with Crippen molar-refractivity contribution in [2.75, 3.05) is 13.2 Å². The molecule has 1 aromatic rings. The number of aliphatic hydroxyl groups is 1. The molecule has 6 heteroatoms. The lowest BCUT2D eigenvalue weighted by molar-refractivity contribution is 0.0200. The van der Waals surface area contributed by atoms with Gasteiger partial charge in [-0.05, 0) is 43.4 Å². The Bertz CT molecular complexity index is 550. The van der Waals surface area contributed by atoms with Crippen LogP contribution < -0.4 is 4.72 Å². The maximum Gasteiger partial charge on any atom is 0.240 e. The molecule has 1 heterocycles. The van der Waals surface area contributed by atoms with Crippen LogP contribution in [0, 0.1) is 6.92 Å². The SMILES string of the molecule is Cc1ccc(CO)cc1S(=O)(=O)NCC1CCCCO1. The summed E-state index contributed by atoms with van der Waals surface area (Å²) < 4.78 is 32.8. The van der Waals surface area contributed by atoms with Crippen LogP contribution in [0.1, 0.15) is 30.4 Å². The van der Waals surface area contributed by atoms with Gasteiger partial charge in [-0.1, -0.05) is 12.1 Å². The van der Waals surface area contributed by atoms with Crippen LogP contribution in [0.5, 0.6) is 0 Å². The van der Waals surface area contributed by atoms with Crippen molar-refractivity contribution < 1.29 is 18.3 Å². The lowest BCUT2D eigenvalue weighted by atomic mass is 10.1. The van der Waals surface area contributed by atoms with E-state index in [1.807, 2.05) is 0 Å². The van der Waals surface area contributed by atoms with E-state index in [9.17, 15) is 8.42 Å². The topological polar surface area (TPSA) is 75.6 Å². The molecular formula is C14H21NO4S. The fourth-order valence-corrected chi connectivity index (χ4v) is 3.64. The summed E-state index contributed by atoms with van der Waals surface area (Å²) in [6.07, 6.45) is 2.96. The minimum Gasteiger partial charge on any atom is -0.392 e. The lowest BCUT2D eigenvalue weighted by Crippen LogP contribution is -2.35. The molecule has 0 aliphatic carbocycles. The monoisotopic (exact) mass is 299 g/mol. The average molecular weight is 299 g/mol. The summed E-state index contributed by atoms with van der Waals surface area (Å²) in [6.45, 7) is 2.57. The van der Waals surface area contributed by atoms with Gasteiger partial charge in [-0.15, -0.1) is 0 Å². The minimum atomic E-state index is -3.56. The number of ether oxygens (including phenoxy) is 1. The van der Waals surface area contributed by atoms with Crippen molar-refractivity contribution in [2.45, 2.75) is 43.8 Å². The minimum absolute atomic E-state index is 0.0418. The molecule has 0 spiro atoms. The van der Waals surface area contributed by atoms with Crippen LogP contribution in [-0.4, -0.2) is 32.8 Å². The molecule has 2 N–H and O–H groups in total. The molecule has 0 aromatic heterocycles. The maximum atomic E-state index is 12.3. The van der Waals surface area contributed by atoms with Gasteiger partial charge in [-0.2, -0.15) is 0 Å². The Hall–Kier alpha value is -0.950. The first-order valence-corrected chi connectivity index (χ1v) is 8.33. The van der Waals surface area contributed by atoms with Gasteiger partial charge in [0.2, 0.25) is 10.0 Å². The summed E-state index contributed by atoms with van der Waals surface area (Å²) >= 11 is 0. The van der Waals surface area contributed by atoms with Crippen LogP contribution >= 0.6 is 0 Å². The van der Waals surface area contributed by atoms with Crippen molar-refractivity contribution in [1.29, 1.82) is 0 Å². The third kappa shape index (κ3) is 3.79. The molecule has 1 aromatic carbocycles. The molecule has 20 heavy (non-hydrogen) atoms. The zero-order chi connectivity index (χ0) is 14.6. The molecule has 2 rings (SSSR count). The zero-order valence-corrected chi connectivity index (χ0v) is 12.4. The number of aliphatic hydroxyl groups excluding tert-OH is 1. The Morgan fingerprint density at radius 3 is 2.85 bits per heavy atom. The molecule has 1 saturated heterocycles. The van der Waals surface area contributed by atoms with E-state index in [0.29, 0.717) is 24.3 Å². The summed E-state index contributed by atoms with van der Waals surface area (Å²) in [4.78, 5) is 0.222. The average Bonchev–Trinajstić information content (AvgIpc) is 2.47. The van der Waals surface area contributed by atoms with E-state index < -0.39 is 10.0 Å². The molecule has 0 amide bonds. The molecule has 1 aliphatic heterocycles. The van der Waals surface area contributed by atoms with E-state index in [2.05, 4.69) is 4.72 Å². The molecule has 0 radical (unpaired) electrons. The zero-order valence-electron chi connectivity index (χ0n) is 11.6. The highest BCUT2D eigenvalue weighted by atomic mass is 32.2. The predicted octanol–water partition coefficient (Wildman–Crippen LogP) is 1.33. The van der Waals surface area contributed by atoms with Crippen LogP contribution in [-0.2, 0) is 21.4 Å². The molecule has 1 aliphatic rings. The Morgan fingerprint density at radius 1 is 1.40 bits per heavy atom. The molecule has 1 atom stereocenters. The highest BCUT2D eigenvalue weighted by molar-refractivity contribution is 7.89. The van der Waals surface area contributed by atoms with Gasteiger partial charge in [0.1, 0.15) is 0 Å². The fraction of sp³-hybridized carbons (Fsp3) is 0.571. The summed E-state index contributed by atoms with van der Waals surface area (Å²) in [5.41, 5.74) is 1.25. The third-order valence-electron chi connectivity index (χ3n) is 3.50. The van der Waals surface area contributed by atoms with Gasteiger partial charge in [0, 0.05) is 13.2 Å². The standard InChI is InChI=1S/C14H21NO4S/c1-11-5-6-12(10-16)8-14(11)20(17,18)15-9-13-4-2-3-7-19-13/h5-6,8,13,15-16H,2-4,7,9-10H2,1H3. The Kier molecular flexibility index (Phi) is 5.15. The number of sulfonamides is 1. The van der Waals surface area contributed by atoms with E-state index in [1.54, 1.807) is 19.1 Å². The molecule has 112 valence electrons. The number of nitrogens with one attached hydrogen (secondary N) is 1. The van der Waals surface area contributed by atoms with Gasteiger partial charge in [0.25, 0.3) is 0 Å². The molecular weight excluding hydrogens is 278 g/mol. The lowest BCUT2D eigenvalue weighted by Gasteiger charge is -2.23. The number of benzene rings is 1. The summed E-state index contributed by atoms with van der Waals surface area (Å²) in [6, 6.07) is 4.94. The van der Waals surface area contributed by atoms with Crippen LogP contribution in [0.2, 0.25) is 0 Å². The van der Waals surface area contributed by atoms with Gasteiger partial charge < -0.3 is 9.84 Å². The van der Waals surface area contributed by atoms with Crippen molar-refractivity contribution in [3.63, 3.8) is 0 Å². The van der Waals surface area contributed by atoms with E-state index in [1.165, 1.54) is 6.07 Å². The first kappa shape index (κ1) is 15.4. The van der Waals surface area contributed by atoms with Crippen LogP contribution in [0.25, 0.3) is 0 Å². The predicted molar refractivity (Wildman–Crippen MR) is 75.9 cm³/mol. The number of rotatable bonds is 5. The normalized spacial score (nSPS) is 20.0. The van der Waals surface area contributed by atoms with Crippen molar-refractivity contribution in [3.8, 4) is 0 Å². The third-order valence-corrected chi connectivity index (χ3v) is 5.07. The van der Waals surface area contributed by atoms with Crippen LogP contribution in [0.4, 0.5) is 0 Å². The highest BCUT2D eigenvalue weighted by Gasteiger charge is 2.20. The Labute approximate surface area is 120 Å². The molecule has 0 bridgehead atoms. The van der Waals surface area contributed by atoms with Gasteiger partial charge in [-0.25, -0.2) is 13.1 Å². The van der Waals surface area contributed by atoms with Crippen molar-refractivity contribution >= 4 is 10.0 Å². The molecule has 0 saturated carbocycles. The van der Waals surface area contributed by atoms with Gasteiger partial charge in [0.15, 0.2) is 0 Å². The van der Waals surface area contributed by atoms with Crippen molar-refractivity contribution in [2.24, 2.45) is 0 Å². The van der Waals surface area contributed by atoms with Crippen LogP contribution in [0.3, 0.4) is 0 Å². The summed E-state index contributed by atoms with van der Waals surface area (Å²) in [5.74, 6) is 0. The summed E-state index contributed by atoms with van der Waals surface area (Å²) in [5, 5.41) is 9.12. The van der Waals surface area contributed by atoms with Crippen molar-refractivity contribution in [3.05, 3.63) is 29.3 Å². The van der Waals surface area contributed by atoms with Crippen LogP contribution in [0.15, 0.2) is 23.1 Å². The Morgan fingerprint density at radius 2 is 2.20 bits per heavy atom. The first-order chi connectivity index (χ1) is 9.53. The quantitative estimate of drug-likeness (QED) is 0.860. The van der Waals surface area contributed by atoms with E-state index >= 15 is 0 Å². The van der Waals surface area contributed by atoms with E-state index in [-0.39, 0.29) is 17.6 Å². The number of aryl methyl sites for hydroxylation is 1. The van der Waals surface area contributed by atoms with E-state index in [4.69, 9.17) is 9.84 Å². The number of hydrogen-bond donors (Lipinski definition) is 2. The molecule has 1 unspecified atom stereocenters. The highest BCUT2D eigenvalue weighted by Crippen LogP contribution is 2.18.